The van der Waals surface area contributed by atoms with Crippen LogP contribution >= 0.6 is 0 Å². The van der Waals surface area contributed by atoms with Gasteiger partial charge in [-0.1, -0.05) is 45.4 Å². The summed E-state index contributed by atoms with van der Waals surface area (Å²) in [6, 6.07) is 7.79. The van der Waals surface area contributed by atoms with E-state index in [-0.39, 0.29) is 0 Å². The monoisotopic (exact) mass is 273 g/mol. The van der Waals surface area contributed by atoms with Gasteiger partial charge in [-0.2, -0.15) is 0 Å². The van der Waals surface area contributed by atoms with Crippen molar-refractivity contribution in [2.45, 2.75) is 71.8 Å². The first-order valence-electron chi connectivity index (χ1n) is 8.59. The van der Waals surface area contributed by atoms with Crippen LogP contribution in [0.5, 0.6) is 0 Å². The minimum Gasteiger partial charge on any atom is -0.310 e. The van der Waals surface area contributed by atoms with Crippen molar-refractivity contribution in [1.29, 1.82) is 0 Å². The molecule has 1 nitrogen and oxygen atoms in total. The highest BCUT2D eigenvalue weighted by atomic mass is 14.9. The molecule has 2 unspecified atom stereocenters. The van der Waals surface area contributed by atoms with Crippen molar-refractivity contribution in [1.82, 2.24) is 5.32 Å². The Bertz CT molecular complexity index is 410. The predicted molar refractivity (Wildman–Crippen MR) is 88.2 cm³/mol. The molecule has 0 bridgehead atoms. The second-order valence-electron chi connectivity index (χ2n) is 6.49. The molecule has 1 heteroatoms. The summed E-state index contributed by atoms with van der Waals surface area (Å²) in [5, 5.41) is 3.76. The van der Waals surface area contributed by atoms with E-state index in [0.717, 1.165) is 12.5 Å². The van der Waals surface area contributed by atoms with Crippen LogP contribution in [-0.4, -0.2) is 6.54 Å². The average molecular weight is 273 g/mol. The largest absolute Gasteiger partial charge is 0.310 e. The number of fused-ring (bicyclic) bond motifs is 1. The van der Waals surface area contributed by atoms with Gasteiger partial charge in [0.25, 0.3) is 0 Å². The Hall–Kier alpha value is -0.820. The molecule has 0 saturated heterocycles. The highest BCUT2D eigenvalue weighted by Crippen LogP contribution is 2.28. The third-order valence-electron chi connectivity index (χ3n) is 4.75. The van der Waals surface area contributed by atoms with Crippen LogP contribution < -0.4 is 5.32 Å². The van der Waals surface area contributed by atoms with Gasteiger partial charge in [-0.25, -0.2) is 0 Å². The van der Waals surface area contributed by atoms with Crippen LogP contribution in [0.3, 0.4) is 0 Å². The molecule has 0 aliphatic heterocycles. The molecule has 0 amide bonds. The smallest absolute Gasteiger partial charge is 0.0322 e. The second kappa shape index (κ2) is 7.83. The van der Waals surface area contributed by atoms with Crippen LogP contribution in [0.15, 0.2) is 18.2 Å². The van der Waals surface area contributed by atoms with E-state index in [1.807, 2.05) is 0 Å². The summed E-state index contributed by atoms with van der Waals surface area (Å²) in [5.41, 5.74) is 4.72. The predicted octanol–water partition coefficient (Wildman–Crippen LogP) is 5.04. The fourth-order valence-electron chi connectivity index (χ4n) is 3.19. The third kappa shape index (κ3) is 4.09. The first-order chi connectivity index (χ1) is 9.74. The van der Waals surface area contributed by atoms with Crippen molar-refractivity contribution in [3.8, 4) is 0 Å². The van der Waals surface area contributed by atoms with E-state index in [4.69, 9.17) is 0 Å². The topological polar surface area (TPSA) is 12.0 Å². The molecule has 1 aromatic rings. The maximum atomic E-state index is 3.76. The van der Waals surface area contributed by atoms with E-state index >= 15 is 0 Å². The quantitative estimate of drug-likeness (QED) is 0.733. The van der Waals surface area contributed by atoms with E-state index in [1.54, 1.807) is 11.1 Å². The summed E-state index contributed by atoms with van der Waals surface area (Å²) in [7, 11) is 0. The summed E-state index contributed by atoms with van der Waals surface area (Å²) in [4.78, 5) is 0. The number of rotatable bonds is 7. The minimum atomic E-state index is 0.539. The SMILES string of the molecule is CCCNC(CC(C)CC)c1ccc2c(c1)CCCC2. The van der Waals surface area contributed by atoms with Crippen LogP contribution in [0, 0.1) is 5.92 Å². The number of aryl methyl sites for hydroxylation is 2. The second-order valence-corrected chi connectivity index (χ2v) is 6.49. The normalized spacial score (nSPS) is 17.6. The molecule has 1 aliphatic carbocycles. The lowest BCUT2D eigenvalue weighted by Gasteiger charge is -2.24. The summed E-state index contributed by atoms with van der Waals surface area (Å²) in [6.07, 6.45) is 9.05. The summed E-state index contributed by atoms with van der Waals surface area (Å²) in [6.45, 7) is 8.05. The van der Waals surface area contributed by atoms with Gasteiger partial charge >= 0.3 is 0 Å². The van der Waals surface area contributed by atoms with E-state index in [0.29, 0.717) is 6.04 Å². The Morgan fingerprint density at radius 1 is 1.10 bits per heavy atom. The van der Waals surface area contributed by atoms with Gasteiger partial charge in [0, 0.05) is 6.04 Å². The lowest BCUT2D eigenvalue weighted by atomic mass is 9.87. The maximum Gasteiger partial charge on any atom is 0.0322 e. The molecular weight excluding hydrogens is 242 g/mol. The highest BCUT2D eigenvalue weighted by Gasteiger charge is 2.16. The van der Waals surface area contributed by atoms with Crippen LogP contribution in [-0.2, 0) is 12.8 Å². The van der Waals surface area contributed by atoms with Gasteiger partial charge in [0.05, 0.1) is 0 Å². The van der Waals surface area contributed by atoms with Crippen molar-refractivity contribution in [2.75, 3.05) is 6.54 Å². The van der Waals surface area contributed by atoms with Gasteiger partial charge < -0.3 is 5.32 Å². The van der Waals surface area contributed by atoms with Gasteiger partial charge in [0.1, 0.15) is 0 Å². The third-order valence-corrected chi connectivity index (χ3v) is 4.75. The first kappa shape index (κ1) is 15.6. The molecule has 20 heavy (non-hydrogen) atoms. The fourth-order valence-corrected chi connectivity index (χ4v) is 3.19. The molecule has 0 spiro atoms. The van der Waals surface area contributed by atoms with Crippen molar-refractivity contribution in [2.24, 2.45) is 5.92 Å². The fraction of sp³-hybridized carbons (Fsp3) is 0.684. The molecule has 2 atom stereocenters. The van der Waals surface area contributed by atoms with Gasteiger partial charge in [-0.15, -0.1) is 0 Å². The molecule has 112 valence electrons. The Labute approximate surface area is 125 Å². The molecular formula is C19H31N. The van der Waals surface area contributed by atoms with E-state index in [2.05, 4.69) is 44.3 Å². The summed E-state index contributed by atoms with van der Waals surface area (Å²) >= 11 is 0. The number of hydrogen-bond donors (Lipinski definition) is 1. The van der Waals surface area contributed by atoms with Gasteiger partial charge in [0.2, 0.25) is 0 Å². The van der Waals surface area contributed by atoms with Crippen LogP contribution in [0.25, 0.3) is 0 Å². The van der Waals surface area contributed by atoms with E-state index in [9.17, 15) is 0 Å². The van der Waals surface area contributed by atoms with Crippen molar-refractivity contribution in [3.63, 3.8) is 0 Å². The number of benzene rings is 1. The lowest BCUT2D eigenvalue weighted by molar-refractivity contribution is 0.402. The van der Waals surface area contributed by atoms with Crippen LogP contribution in [0.1, 0.15) is 75.6 Å². The molecule has 1 aromatic carbocycles. The Balaban J connectivity index is 2.14. The molecule has 1 N–H and O–H groups in total. The Morgan fingerprint density at radius 3 is 2.55 bits per heavy atom. The summed E-state index contributed by atoms with van der Waals surface area (Å²) < 4.78 is 0. The van der Waals surface area contributed by atoms with Crippen LogP contribution in [0.4, 0.5) is 0 Å². The maximum absolute atomic E-state index is 3.76. The zero-order valence-corrected chi connectivity index (χ0v) is 13.5. The zero-order chi connectivity index (χ0) is 14.4. The molecule has 0 fully saturated rings. The molecule has 0 aromatic heterocycles. The van der Waals surface area contributed by atoms with Gasteiger partial charge in [0.15, 0.2) is 0 Å². The highest BCUT2D eigenvalue weighted by molar-refractivity contribution is 5.35. The van der Waals surface area contributed by atoms with Crippen LogP contribution in [0.2, 0.25) is 0 Å². The minimum absolute atomic E-state index is 0.539. The van der Waals surface area contributed by atoms with E-state index in [1.165, 1.54) is 50.5 Å². The van der Waals surface area contributed by atoms with Gasteiger partial charge in [-0.3, -0.25) is 0 Å². The molecule has 2 rings (SSSR count). The number of nitrogens with one attached hydrogen (secondary N) is 1. The molecule has 0 radical (unpaired) electrons. The Morgan fingerprint density at radius 2 is 1.85 bits per heavy atom. The molecule has 0 heterocycles. The van der Waals surface area contributed by atoms with E-state index < -0.39 is 0 Å². The zero-order valence-electron chi connectivity index (χ0n) is 13.5. The van der Waals surface area contributed by atoms with Gasteiger partial charge in [-0.05, 0) is 67.7 Å². The lowest BCUT2D eigenvalue weighted by Crippen LogP contribution is -2.24. The van der Waals surface area contributed by atoms with Crippen molar-refractivity contribution < 1.29 is 0 Å². The Kier molecular flexibility index (Phi) is 6.09. The molecule has 1 aliphatic rings. The average Bonchev–Trinajstić information content (AvgIpc) is 2.50. The summed E-state index contributed by atoms with van der Waals surface area (Å²) in [5.74, 6) is 0.792. The first-order valence-corrected chi connectivity index (χ1v) is 8.59. The van der Waals surface area contributed by atoms with Crippen molar-refractivity contribution >= 4 is 0 Å². The molecule has 0 saturated carbocycles. The standard InChI is InChI=1S/C19H31N/c1-4-12-20-19(13-15(3)5-2)18-11-10-16-8-6-7-9-17(16)14-18/h10-11,14-15,19-20H,4-9,12-13H2,1-3H3. The van der Waals surface area contributed by atoms with Crippen molar-refractivity contribution in [3.05, 3.63) is 34.9 Å². The number of hydrogen-bond acceptors (Lipinski definition) is 1.